The summed E-state index contributed by atoms with van der Waals surface area (Å²) in [6.45, 7) is 6.05. The molecule has 2 rings (SSSR count). The van der Waals surface area contributed by atoms with E-state index in [1.165, 1.54) is 0 Å². The summed E-state index contributed by atoms with van der Waals surface area (Å²) < 4.78 is 40.6. The van der Waals surface area contributed by atoms with Gasteiger partial charge in [-0.1, -0.05) is 6.92 Å². The Labute approximate surface area is 123 Å². The number of anilines is 1. The third-order valence-electron chi connectivity index (χ3n) is 4.05. The minimum atomic E-state index is -4.12. The van der Waals surface area contributed by atoms with E-state index in [1.54, 1.807) is 11.7 Å². The average Bonchev–Trinajstić information content (AvgIpc) is 2.70. The maximum absolute atomic E-state index is 13.0. The second-order valence-electron chi connectivity index (χ2n) is 5.62. The molecule has 1 aliphatic rings. The third kappa shape index (κ3) is 3.51. The Hall–Kier alpha value is -1.24. The molecule has 21 heavy (non-hydrogen) atoms. The lowest BCUT2D eigenvalue weighted by Gasteiger charge is -2.35. The van der Waals surface area contributed by atoms with Crippen LogP contribution < -0.4 is 10.2 Å². The summed E-state index contributed by atoms with van der Waals surface area (Å²) in [4.78, 5) is 1.84. The summed E-state index contributed by atoms with van der Waals surface area (Å²) in [6, 6.07) is 0. The van der Waals surface area contributed by atoms with E-state index < -0.39 is 12.1 Å². The van der Waals surface area contributed by atoms with Crippen molar-refractivity contribution < 1.29 is 13.2 Å². The Morgan fingerprint density at radius 1 is 1.38 bits per heavy atom. The molecule has 0 radical (unpaired) electrons. The van der Waals surface area contributed by atoms with Crippen LogP contribution in [-0.2, 0) is 13.6 Å². The largest absolute Gasteiger partial charge is 0.393 e. The molecule has 1 saturated heterocycles. The number of halogens is 3. The molecule has 0 aromatic carbocycles. The number of alkyl halides is 3. The van der Waals surface area contributed by atoms with Crippen molar-refractivity contribution in [2.24, 2.45) is 13.0 Å². The molecule has 1 unspecified atom stereocenters. The van der Waals surface area contributed by atoms with Crippen molar-refractivity contribution >= 4 is 5.82 Å². The fraction of sp³-hybridized carbons (Fsp3) is 0.786. The van der Waals surface area contributed by atoms with Crippen LogP contribution in [0.4, 0.5) is 19.0 Å². The number of nitrogens with zero attached hydrogens (tertiary/aromatic N) is 3. The Bertz CT molecular complexity index is 481. The van der Waals surface area contributed by atoms with E-state index in [1.807, 2.05) is 18.7 Å². The Balaban J connectivity index is 2.24. The number of aromatic nitrogens is 2. The van der Waals surface area contributed by atoms with Crippen LogP contribution in [0.1, 0.15) is 31.0 Å². The monoisotopic (exact) mass is 304 g/mol. The molecule has 0 amide bonds. The summed E-state index contributed by atoms with van der Waals surface area (Å²) in [5.41, 5.74) is 1.88. The van der Waals surface area contributed by atoms with E-state index in [0.717, 1.165) is 23.6 Å². The van der Waals surface area contributed by atoms with E-state index in [9.17, 15) is 13.2 Å². The summed E-state index contributed by atoms with van der Waals surface area (Å²) in [6.07, 6.45) is -3.33. The highest BCUT2D eigenvalue weighted by atomic mass is 19.4. The summed E-state index contributed by atoms with van der Waals surface area (Å²) in [5.74, 6) is -0.421. The lowest BCUT2D eigenvalue weighted by Crippen LogP contribution is -2.43. The minimum absolute atomic E-state index is 0.0294. The van der Waals surface area contributed by atoms with Gasteiger partial charge in [-0.25, -0.2) is 0 Å². The molecular formula is C14H23F3N4. The minimum Gasteiger partial charge on any atom is -0.356 e. The number of hydrogen-bond donors (Lipinski definition) is 1. The van der Waals surface area contributed by atoms with Gasteiger partial charge in [0.1, 0.15) is 5.82 Å². The Morgan fingerprint density at radius 2 is 2.10 bits per heavy atom. The topological polar surface area (TPSA) is 33.1 Å². The van der Waals surface area contributed by atoms with Gasteiger partial charge in [0.05, 0.1) is 11.6 Å². The summed E-state index contributed by atoms with van der Waals surface area (Å²) >= 11 is 0. The molecule has 1 aromatic rings. The average molecular weight is 304 g/mol. The molecule has 2 heterocycles. The normalized spacial score (nSPS) is 20.1. The van der Waals surface area contributed by atoms with Gasteiger partial charge in [0.15, 0.2) is 0 Å². The van der Waals surface area contributed by atoms with Gasteiger partial charge < -0.3 is 10.2 Å². The van der Waals surface area contributed by atoms with Crippen LogP contribution >= 0.6 is 0 Å². The molecule has 120 valence electrons. The highest BCUT2D eigenvalue weighted by Gasteiger charge is 2.42. The summed E-state index contributed by atoms with van der Waals surface area (Å²) in [7, 11) is 1.80. The molecule has 1 atom stereocenters. The van der Waals surface area contributed by atoms with Crippen molar-refractivity contribution in [3.8, 4) is 0 Å². The van der Waals surface area contributed by atoms with Gasteiger partial charge in [0.2, 0.25) is 0 Å². The molecule has 1 aliphatic heterocycles. The molecule has 4 nitrogen and oxygen atoms in total. The fourth-order valence-corrected chi connectivity index (χ4v) is 2.98. The highest BCUT2D eigenvalue weighted by Crippen LogP contribution is 2.36. The SMILES string of the molecule is CCNCc1c(C)nn(C)c1N1CCCC(C(F)(F)F)C1. The molecule has 7 heteroatoms. The Kier molecular flexibility index (Phi) is 4.81. The van der Waals surface area contributed by atoms with Crippen molar-refractivity contribution in [1.82, 2.24) is 15.1 Å². The van der Waals surface area contributed by atoms with Gasteiger partial charge >= 0.3 is 6.18 Å². The molecule has 1 N–H and O–H groups in total. The zero-order valence-electron chi connectivity index (χ0n) is 12.8. The number of nitrogens with one attached hydrogen (secondary N) is 1. The van der Waals surface area contributed by atoms with Crippen molar-refractivity contribution in [1.29, 1.82) is 0 Å². The molecule has 0 aliphatic carbocycles. The molecular weight excluding hydrogens is 281 g/mol. The van der Waals surface area contributed by atoms with Crippen LogP contribution in [-0.4, -0.2) is 35.6 Å². The molecule has 1 aromatic heterocycles. The van der Waals surface area contributed by atoms with Crippen molar-refractivity contribution in [3.05, 3.63) is 11.3 Å². The van der Waals surface area contributed by atoms with Crippen molar-refractivity contribution in [2.75, 3.05) is 24.5 Å². The first-order valence-electron chi connectivity index (χ1n) is 7.39. The van der Waals surface area contributed by atoms with Crippen LogP contribution in [0.5, 0.6) is 0 Å². The second-order valence-corrected chi connectivity index (χ2v) is 5.62. The highest BCUT2D eigenvalue weighted by molar-refractivity contribution is 5.50. The predicted octanol–water partition coefficient (Wildman–Crippen LogP) is 2.62. The number of rotatable bonds is 4. The standard InChI is InChI=1S/C14H23F3N4/c1-4-18-8-12-10(2)19-20(3)13(12)21-7-5-6-11(9-21)14(15,16)17/h11,18H,4-9H2,1-3H3. The van der Waals surface area contributed by atoms with Gasteiger partial charge in [0, 0.05) is 32.2 Å². The third-order valence-corrected chi connectivity index (χ3v) is 4.05. The maximum atomic E-state index is 13.0. The van der Waals surface area contributed by atoms with E-state index in [0.29, 0.717) is 19.5 Å². The quantitative estimate of drug-likeness (QED) is 0.928. The van der Waals surface area contributed by atoms with Gasteiger partial charge in [-0.15, -0.1) is 0 Å². The molecule has 1 fully saturated rings. The maximum Gasteiger partial charge on any atom is 0.393 e. The van der Waals surface area contributed by atoms with Crippen LogP contribution in [0, 0.1) is 12.8 Å². The first kappa shape index (κ1) is 16.1. The smallest absolute Gasteiger partial charge is 0.356 e. The lowest BCUT2D eigenvalue weighted by molar-refractivity contribution is -0.176. The first-order chi connectivity index (χ1) is 9.84. The summed E-state index contributed by atoms with van der Waals surface area (Å²) in [5, 5.41) is 7.62. The number of aryl methyl sites for hydroxylation is 2. The molecule has 0 bridgehead atoms. The van der Waals surface area contributed by atoms with E-state index >= 15 is 0 Å². The zero-order valence-corrected chi connectivity index (χ0v) is 12.8. The number of hydrogen-bond acceptors (Lipinski definition) is 3. The van der Waals surface area contributed by atoms with Crippen LogP contribution in [0.2, 0.25) is 0 Å². The van der Waals surface area contributed by atoms with E-state index in [-0.39, 0.29) is 13.0 Å². The first-order valence-corrected chi connectivity index (χ1v) is 7.39. The van der Waals surface area contributed by atoms with Crippen LogP contribution in [0.25, 0.3) is 0 Å². The van der Waals surface area contributed by atoms with Gasteiger partial charge in [-0.05, 0) is 26.3 Å². The van der Waals surface area contributed by atoms with Crippen molar-refractivity contribution in [2.45, 2.75) is 39.4 Å². The van der Waals surface area contributed by atoms with Crippen LogP contribution in [0.15, 0.2) is 0 Å². The van der Waals surface area contributed by atoms with E-state index in [2.05, 4.69) is 10.4 Å². The molecule has 0 spiro atoms. The second kappa shape index (κ2) is 6.25. The lowest BCUT2D eigenvalue weighted by atomic mass is 9.97. The fourth-order valence-electron chi connectivity index (χ4n) is 2.98. The van der Waals surface area contributed by atoms with E-state index in [4.69, 9.17) is 0 Å². The molecule has 0 saturated carbocycles. The number of piperidine rings is 1. The van der Waals surface area contributed by atoms with Gasteiger partial charge in [-0.3, -0.25) is 4.68 Å². The van der Waals surface area contributed by atoms with Crippen LogP contribution in [0.3, 0.4) is 0 Å². The van der Waals surface area contributed by atoms with Gasteiger partial charge in [0.25, 0.3) is 0 Å². The van der Waals surface area contributed by atoms with Crippen molar-refractivity contribution in [3.63, 3.8) is 0 Å². The van der Waals surface area contributed by atoms with Gasteiger partial charge in [-0.2, -0.15) is 18.3 Å². The Morgan fingerprint density at radius 3 is 2.71 bits per heavy atom. The predicted molar refractivity (Wildman–Crippen MR) is 76.3 cm³/mol. The zero-order chi connectivity index (χ0) is 15.6.